The van der Waals surface area contributed by atoms with Gasteiger partial charge in [-0.2, -0.15) is 9.78 Å². The first-order valence-corrected chi connectivity index (χ1v) is 3.84. The second-order valence-corrected chi connectivity index (χ2v) is 5.05. The second kappa shape index (κ2) is 3.65. The Morgan fingerprint density at radius 2 is 1.00 bits per heavy atom. The van der Waals surface area contributed by atoms with Crippen molar-refractivity contribution in [2.75, 3.05) is 0 Å². The summed E-state index contributed by atoms with van der Waals surface area (Å²) in [6, 6.07) is 0. The molecule has 0 atom stereocenters. The van der Waals surface area contributed by atoms with Gasteiger partial charge in [-0.1, -0.05) is 46.4 Å². The molecule has 0 saturated carbocycles. The van der Waals surface area contributed by atoms with Gasteiger partial charge in [0.15, 0.2) is 0 Å². The standard InChI is InChI=1S/C4H6Cl4O2/c1-3(5,6)9-10-4(2,7)8/h1-2H3. The van der Waals surface area contributed by atoms with Crippen LogP contribution < -0.4 is 0 Å². The van der Waals surface area contributed by atoms with Crippen LogP contribution in [0.25, 0.3) is 0 Å². The van der Waals surface area contributed by atoms with Gasteiger partial charge in [0.2, 0.25) is 9.04 Å². The Bertz CT molecular complexity index is 88.8. The van der Waals surface area contributed by atoms with Crippen LogP contribution in [0.3, 0.4) is 0 Å². The van der Waals surface area contributed by atoms with E-state index in [0.717, 1.165) is 0 Å². The van der Waals surface area contributed by atoms with Crippen LogP contribution in [0.15, 0.2) is 0 Å². The summed E-state index contributed by atoms with van der Waals surface area (Å²) < 4.78 is -2.88. The van der Waals surface area contributed by atoms with Crippen molar-refractivity contribution in [1.82, 2.24) is 0 Å². The SMILES string of the molecule is CC(Cl)(Cl)OOC(C)(Cl)Cl. The van der Waals surface area contributed by atoms with Gasteiger partial charge in [-0.05, 0) is 13.8 Å². The molecule has 0 heterocycles. The van der Waals surface area contributed by atoms with Crippen LogP contribution in [0.2, 0.25) is 0 Å². The summed E-state index contributed by atoms with van der Waals surface area (Å²) in [5.41, 5.74) is 0. The highest BCUT2D eigenvalue weighted by atomic mass is 35.5. The zero-order chi connectivity index (χ0) is 8.41. The topological polar surface area (TPSA) is 18.5 Å². The third kappa shape index (κ3) is 9.08. The molecule has 0 aliphatic rings. The zero-order valence-electron chi connectivity index (χ0n) is 5.33. The van der Waals surface area contributed by atoms with Crippen molar-refractivity contribution in [3.63, 3.8) is 0 Å². The number of rotatable bonds is 3. The van der Waals surface area contributed by atoms with Crippen LogP contribution >= 0.6 is 46.4 Å². The normalized spacial score (nSPS) is 13.8. The van der Waals surface area contributed by atoms with Crippen molar-refractivity contribution < 1.29 is 9.78 Å². The summed E-state index contributed by atoms with van der Waals surface area (Å²) in [5, 5.41) is 0. The first kappa shape index (κ1) is 11.1. The molecule has 0 aromatic heterocycles. The number of halogens is 4. The Kier molecular flexibility index (Phi) is 4.05. The lowest BCUT2D eigenvalue weighted by Gasteiger charge is -2.18. The van der Waals surface area contributed by atoms with Crippen molar-refractivity contribution in [1.29, 1.82) is 0 Å². The Morgan fingerprint density at radius 1 is 0.800 bits per heavy atom. The van der Waals surface area contributed by atoms with E-state index in [1.165, 1.54) is 13.8 Å². The maximum absolute atomic E-state index is 5.34. The largest absolute Gasteiger partial charge is 0.247 e. The van der Waals surface area contributed by atoms with Gasteiger partial charge in [-0.25, -0.2) is 0 Å². The molecule has 0 aliphatic carbocycles. The average molecular weight is 228 g/mol. The van der Waals surface area contributed by atoms with Crippen molar-refractivity contribution >= 4 is 46.4 Å². The van der Waals surface area contributed by atoms with Gasteiger partial charge in [0, 0.05) is 0 Å². The lowest BCUT2D eigenvalue weighted by atomic mass is 10.8. The first-order chi connectivity index (χ1) is 4.21. The maximum Gasteiger partial charge on any atom is 0.247 e. The third-order valence-corrected chi connectivity index (χ3v) is 0.586. The molecule has 0 fully saturated rings. The fourth-order valence-electron chi connectivity index (χ4n) is 0.146. The summed E-state index contributed by atoms with van der Waals surface area (Å²) in [5.74, 6) is 0. The zero-order valence-corrected chi connectivity index (χ0v) is 8.35. The predicted octanol–water partition coefficient (Wildman–Crippen LogP) is 3.24. The molecule has 0 aliphatic heterocycles. The number of alkyl halides is 4. The lowest BCUT2D eigenvalue weighted by Crippen LogP contribution is -2.20. The number of hydrogen-bond acceptors (Lipinski definition) is 2. The minimum atomic E-state index is -1.44. The highest BCUT2D eigenvalue weighted by Gasteiger charge is 2.25. The molecule has 0 aromatic rings. The minimum Gasteiger partial charge on any atom is -0.194 e. The molecular formula is C4H6Cl4O2. The summed E-state index contributed by atoms with van der Waals surface area (Å²) in [4.78, 5) is 8.72. The van der Waals surface area contributed by atoms with Gasteiger partial charge in [-0.15, -0.1) is 0 Å². The summed E-state index contributed by atoms with van der Waals surface area (Å²) in [6.45, 7) is 2.74. The molecular weight excluding hydrogens is 222 g/mol. The van der Waals surface area contributed by atoms with E-state index in [1.807, 2.05) is 0 Å². The lowest BCUT2D eigenvalue weighted by molar-refractivity contribution is -0.333. The monoisotopic (exact) mass is 226 g/mol. The highest BCUT2D eigenvalue weighted by Crippen LogP contribution is 2.28. The van der Waals surface area contributed by atoms with E-state index < -0.39 is 9.04 Å². The Morgan fingerprint density at radius 3 is 1.10 bits per heavy atom. The van der Waals surface area contributed by atoms with Gasteiger partial charge < -0.3 is 0 Å². The van der Waals surface area contributed by atoms with Crippen LogP contribution in [0.4, 0.5) is 0 Å². The molecule has 6 heteroatoms. The fourth-order valence-corrected chi connectivity index (χ4v) is 0.272. The quantitative estimate of drug-likeness (QED) is 0.419. The predicted molar refractivity (Wildman–Crippen MR) is 42.4 cm³/mol. The van der Waals surface area contributed by atoms with Crippen LogP contribution in [0.1, 0.15) is 13.8 Å². The van der Waals surface area contributed by atoms with Crippen LogP contribution in [0, 0.1) is 0 Å². The summed E-state index contributed by atoms with van der Waals surface area (Å²) in [6.07, 6.45) is 0. The smallest absolute Gasteiger partial charge is 0.194 e. The minimum absolute atomic E-state index is 1.37. The van der Waals surface area contributed by atoms with E-state index in [-0.39, 0.29) is 0 Å². The van der Waals surface area contributed by atoms with E-state index in [9.17, 15) is 0 Å². The summed E-state index contributed by atoms with van der Waals surface area (Å²) >= 11 is 21.4. The van der Waals surface area contributed by atoms with Crippen LogP contribution in [0.5, 0.6) is 0 Å². The molecule has 0 unspecified atom stereocenters. The van der Waals surface area contributed by atoms with Crippen molar-refractivity contribution in [2.24, 2.45) is 0 Å². The molecule has 62 valence electrons. The van der Waals surface area contributed by atoms with Crippen molar-refractivity contribution in [3.8, 4) is 0 Å². The Labute approximate surface area is 79.2 Å². The van der Waals surface area contributed by atoms with Crippen molar-refractivity contribution in [3.05, 3.63) is 0 Å². The fraction of sp³-hybridized carbons (Fsp3) is 1.00. The van der Waals surface area contributed by atoms with Gasteiger partial charge in [0.05, 0.1) is 0 Å². The molecule has 10 heavy (non-hydrogen) atoms. The van der Waals surface area contributed by atoms with Gasteiger partial charge in [-0.3, -0.25) is 0 Å². The molecule has 0 bridgehead atoms. The first-order valence-electron chi connectivity index (χ1n) is 2.33. The Hall–Kier alpha value is 1.08. The van der Waals surface area contributed by atoms with Gasteiger partial charge >= 0.3 is 0 Å². The third-order valence-electron chi connectivity index (χ3n) is 0.334. The molecule has 0 rings (SSSR count). The van der Waals surface area contributed by atoms with Gasteiger partial charge in [0.1, 0.15) is 0 Å². The second-order valence-electron chi connectivity index (χ2n) is 1.78. The molecule has 2 nitrogen and oxygen atoms in total. The maximum atomic E-state index is 5.34. The van der Waals surface area contributed by atoms with Gasteiger partial charge in [0.25, 0.3) is 0 Å². The van der Waals surface area contributed by atoms with Crippen molar-refractivity contribution in [2.45, 2.75) is 22.9 Å². The van der Waals surface area contributed by atoms with Crippen LogP contribution in [-0.4, -0.2) is 9.04 Å². The molecule has 0 N–H and O–H groups in total. The molecule has 0 radical (unpaired) electrons. The van der Waals surface area contributed by atoms with E-state index in [1.54, 1.807) is 0 Å². The molecule has 0 aromatic carbocycles. The highest BCUT2D eigenvalue weighted by molar-refractivity contribution is 6.47. The van der Waals surface area contributed by atoms with E-state index >= 15 is 0 Å². The molecule has 0 amide bonds. The Balaban J connectivity index is 3.56. The average Bonchev–Trinajstić information content (AvgIpc) is 1.57. The van der Waals surface area contributed by atoms with E-state index in [2.05, 4.69) is 9.78 Å². The van der Waals surface area contributed by atoms with E-state index in [4.69, 9.17) is 46.4 Å². The number of hydrogen-bond donors (Lipinski definition) is 0. The summed E-state index contributed by atoms with van der Waals surface area (Å²) in [7, 11) is 0. The van der Waals surface area contributed by atoms with Crippen LogP contribution in [-0.2, 0) is 9.78 Å². The molecule has 0 saturated heterocycles. The molecule has 0 spiro atoms. The van der Waals surface area contributed by atoms with E-state index in [0.29, 0.717) is 0 Å².